The number of benzene rings is 2. The smallest absolute Gasteiger partial charge is 0.207 e. The topological polar surface area (TPSA) is 92.3 Å². The molecule has 0 spiro atoms. The highest BCUT2D eigenvalue weighted by Gasteiger charge is 2.36. The lowest BCUT2D eigenvalue weighted by molar-refractivity contribution is -0.137. The van der Waals surface area contributed by atoms with E-state index in [-0.39, 0.29) is 24.7 Å². The predicted octanol–water partition coefficient (Wildman–Crippen LogP) is 4.24. The van der Waals surface area contributed by atoms with Crippen molar-refractivity contribution < 1.29 is 30.0 Å². The maximum absolute atomic E-state index is 12.8. The second kappa shape index (κ2) is 8.34. The van der Waals surface area contributed by atoms with Crippen LogP contribution >= 0.6 is 35.0 Å². The van der Waals surface area contributed by atoms with E-state index >= 15 is 0 Å². The van der Waals surface area contributed by atoms with Crippen LogP contribution in [-0.4, -0.2) is 22.3 Å². The first kappa shape index (κ1) is 23.4. The third-order valence-corrected chi connectivity index (χ3v) is 9.14. The molecule has 0 bridgehead atoms. The number of alkyl halides is 3. The van der Waals surface area contributed by atoms with E-state index in [2.05, 4.69) is 9.44 Å². The molecule has 0 radical (unpaired) electrons. The number of rotatable bonds is 4. The molecule has 3 rings (SSSR count). The van der Waals surface area contributed by atoms with E-state index in [1.165, 1.54) is 18.2 Å². The largest absolute Gasteiger partial charge is 0.416 e. The number of hydrogen-bond donors (Lipinski definition) is 2. The van der Waals surface area contributed by atoms with Crippen LogP contribution in [0.15, 0.2) is 51.6 Å². The minimum Gasteiger partial charge on any atom is -0.207 e. The number of hydrogen-bond acceptors (Lipinski definition) is 5. The van der Waals surface area contributed by atoms with Crippen LogP contribution in [0, 0.1) is 0 Å². The fourth-order valence-electron chi connectivity index (χ4n) is 2.36. The second-order valence-corrected chi connectivity index (χ2v) is 11.5. The number of sulfonamides is 2. The molecule has 1 saturated heterocycles. The van der Waals surface area contributed by atoms with E-state index in [1.807, 2.05) is 0 Å². The summed E-state index contributed by atoms with van der Waals surface area (Å²) in [5, 5.41) is 0.127. The van der Waals surface area contributed by atoms with Crippen molar-refractivity contribution in [3.8, 4) is 0 Å². The van der Waals surface area contributed by atoms with Gasteiger partial charge < -0.3 is 0 Å². The first-order valence-corrected chi connectivity index (χ1v) is 12.4. The summed E-state index contributed by atoms with van der Waals surface area (Å²) in [5.74, 6) is 0. The van der Waals surface area contributed by atoms with Crippen LogP contribution in [0.25, 0.3) is 6.08 Å². The maximum Gasteiger partial charge on any atom is 0.416 e. The summed E-state index contributed by atoms with van der Waals surface area (Å²) in [7, 11) is -8.31. The lowest BCUT2D eigenvalue weighted by Crippen LogP contribution is -2.40. The van der Waals surface area contributed by atoms with Crippen LogP contribution < -0.4 is 9.44 Å². The highest BCUT2D eigenvalue weighted by Crippen LogP contribution is 2.35. The molecule has 2 aromatic rings. The molecule has 1 fully saturated rings. The van der Waals surface area contributed by atoms with Gasteiger partial charge in [-0.15, -0.1) is 0 Å². The Labute approximate surface area is 184 Å². The van der Waals surface area contributed by atoms with Gasteiger partial charge in [0.05, 0.1) is 20.5 Å². The van der Waals surface area contributed by atoms with Crippen molar-refractivity contribution >= 4 is 61.1 Å². The molecular weight excluding hydrogens is 508 g/mol. The third-order valence-electron chi connectivity index (χ3n) is 3.72. The first-order chi connectivity index (χ1) is 13.8. The van der Waals surface area contributed by atoms with Crippen molar-refractivity contribution in [1.82, 2.24) is 9.44 Å². The molecule has 0 saturated carbocycles. The molecule has 1 atom stereocenters. The van der Waals surface area contributed by atoms with Gasteiger partial charge in [-0.2, -0.15) is 22.6 Å². The molecule has 14 heteroatoms. The molecule has 1 aliphatic rings. The molecule has 2 aromatic carbocycles. The lowest BCUT2D eigenvalue weighted by Gasteiger charge is -2.11. The summed E-state index contributed by atoms with van der Waals surface area (Å²) in [6.07, 6.45) is -3.57. The van der Waals surface area contributed by atoms with Gasteiger partial charge in [-0.1, -0.05) is 47.1 Å². The molecule has 0 amide bonds. The van der Waals surface area contributed by atoms with Gasteiger partial charge in [0.2, 0.25) is 20.0 Å². The van der Waals surface area contributed by atoms with Crippen molar-refractivity contribution in [2.24, 2.45) is 0 Å². The minimum atomic E-state index is -4.59. The van der Waals surface area contributed by atoms with Gasteiger partial charge in [0.1, 0.15) is 9.73 Å². The lowest BCUT2D eigenvalue weighted by atomic mass is 10.1. The van der Waals surface area contributed by atoms with E-state index in [9.17, 15) is 30.0 Å². The van der Waals surface area contributed by atoms with Crippen LogP contribution in [0.5, 0.6) is 0 Å². The van der Waals surface area contributed by atoms with Crippen LogP contribution in [0.1, 0.15) is 11.1 Å². The Morgan fingerprint density at radius 3 is 2.43 bits per heavy atom. The van der Waals surface area contributed by atoms with Crippen molar-refractivity contribution in [2.45, 2.75) is 16.6 Å². The Hall–Kier alpha value is -1.28. The highest BCUT2D eigenvalue weighted by atomic mass is 35.5. The van der Waals surface area contributed by atoms with Gasteiger partial charge in [0.25, 0.3) is 0 Å². The van der Waals surface area contributed by atoms with Gasteiger partial charge in [-0.25, -0.2) is 16.8 Å². The number of halogens is 5. The van der Waals surface area contributed by atoms with E-state index in [4.69, 9.17) is 23.2 Å². The fourth-order valence-corrected chi connectivity index (χ4v) is 7.06. The van der Waals surface area contributed by atoms with Crippen molar-refractivity contribution in [3.63, 3.8) is 0 Å². The standard InChI is InChI=1S/C16H11Cl2F3N2O4S3/c17-12-5-4-11(8-13(12)18)29(24,25)22-15-23-30(26,27)14(28-15)7-9-2-1-3-10(6-9)16(19,20)21/h1-8,15,22-23H. The molecule has 6 nitrogen and oxygen atoms in total. The van der Waals surface area contributed by atoms with Gasteiger partial charge in [0.15, 0.2) is 0 Å². The normalized spacial score (nSPS) is 20.6. The monoisotopic (exact) mass is 518 g/mol. The number of nitrogens with one attached hydrogen (secondary N) is 2. The SMILES string of the molecule is O=S1(=O)NC(NS(=O)(=O)c2ccc(Cl)c(Cl)c2)SC1=Cc1cccc(C(F)(F)F)c1. The van der Waals surface area contributed by atoms with Crippen molar-refractivity contribution in [1.29, 1.82) is 0 Å². The quantitative estimate of drug-likeness (QED) is 0.631. The zero-order valence-electron chi connectivity index (χ0n) is 14.4. The van der Waals surface area contributed by atoms with E-state index in [0.29, 0.717) is 11.8 Å². The van der Waals surface area contributed by atoms with Crippen LogP contribution in [0.3, 0.4) is 0 Å². The van der Waals surface area contributed by atoms with E-state index < -0.39 is 37.3 Å². The van der Waals surface area contributed by atoms with Gasteiger partial charge >= 0.3 is 6.18 Å². The molecule has 1 heterocycles. The Morgan fingerprint density at radius 1 is 1.10 bits per heavy atom. The zero-order chi connectivity index (χ0) is 22.3. The van der Waals surface area contributed by atoms with Gasteiger partial charge in [-0.3, -0.25) is 0 Å². The zero-order valence-corrected chi connectivity index (χ0v) is 18.4. The maximum atomic E-state index is 12.8. The van der Waals surface area contributed by atoms with Gasteiger partial charge in [-0.05, 0) is 42.0 Å². The van der Waals surface area contributed by atoms with Crippen LogP contribution in [0.2, 0.25) is 10.0 Å². The van der Waals surface area contributed by atoms with E-state index in [0.717, 1.165) is 30.3 Å². The van der Waals surface area contributed by atoms with Crippen LogP contribution in [-0.2, 0) is 26.2 Å². The highest BCUT2D eigenvalue weighted by molar-refractivity contribution is 8.21. The average Bonchev–Trinajstić information content (AvgIpc) is 2.89. The van der Waals surface area contributed by atoms with Crippen molar-refractivity contribution in [3.05, 3.63) is 67.9 Å². The molecule has 1 unspecified atom stereocenters. The van der Waals surface area contributed by atoms with Gasteiger partial charge in [0, 0.05) is 0 Å². The Morgan fingerprint density at radius 2 is 1.80 bits per heavy atom. The summed E-state index contributed by atoms with van der Waals surface area (Å²) in [6, 6.07) is 7.62. The summed E-state index contributed by atoms with van der Waals surface area (Å²) >= 11 is 12.1. The molecule has 1 aliphatic heterocycles. The van der Waals surface area contributed by atoms with Crippen LogP contribution in [0.4, 0.5) is 13.2 Å². The fraction of sp³-hybridized carbons (Fsp3) is 0.125. The predicted molar refractivity (Wildman–Crippen MR) is 110 cm³/mol. The molecule has 162 valence electrons. The van der Waals surface area contributed by atoms with Crippen molar-refractivity contribution in [2.75, 3.05) is 0 Å². The third kappa shape index (κ3) is 5.31. The summed E-state index contributed by atoms with van der Waals surface area (Å²) in [5.41, 5.74) is -2.26. The molecule has 0 aromatic heterocycles. The summed E-state index contributed by atoms with van der Waals surface area (Å²) in [6.45, 7) is 0. The minimum absolute atomic E-state index is 0.00862. The second-order valence-electron chi connectivity index (χ2n) is 5.90. The Kier molecular flexibility index (Phi) is 6.50. The summed E-state index contributed by atoms with van der Waals surface area (Å²) < 4.78 is 92.0. The number of thioether (sulfide) groups is 1. The average molecular weight is 519 g/mol. The molecule has 30 heavy (non-hydrogen) atoms. The molecule has 2 N–H and O–H groups in total. The molecular formula is C16H11Cl2F3N2O4S3. The first-order valence-electron chi connectivity index (χ1n) is 7.83. The summed E-state index contributed by atoms with van der Waals surface area (Å²) in [4.78, 5) is -0.244. The Bertz CT molecular complexity index is 1230. The van der Waals surface area contributed by atoms with E-state index in [1.54, 1.807) is 0 Å². The Balaban J connectivity index is 1.85. The molecule has 0 aliphatic carbocycles.